The van der Waals surface area contributed by atoms with Gasteiger partial charge in [-0.2, -0.15) is 21.0 Å². The third-order valence-electron chi connectivity index (χ3n) is 1.45. The van der Waals surface area contributed by atoms with Crippen LogP contribution in [0.3, 0.4) is 0 Å². The van der Waals surface area contributed by atoms with E-state index in [-0.39, 0.29) is 208 Å². The van der Waals surface area contributed by atoms with Crippen molar-refractivity contribution in [3.63, 3.8) is 0 Å². The summed E-state index contributed by atoms with van der Waals surface area (Å²) in [7, 11) is -14.1. The third kappa shape index (κ3) is 346. The van der Waals surface area contributed by atoms with E-state index in [1.807, 2.05) is 0 Å². The van der Waals surface area contributed by atoms with Crippen molar-refractivity contribution in [1.82, 2.24) is 0 Å². The Balaban J connectivity index is -0.0000000259. The van der Waals surface area contributed by atoms with Crippen LogP contribution < -0.4 is 177 Å². The summed E-state index contributed by atoms with van der Waals surface area (Å²) in [5.74, 6) is -1.73. The molecular weight excluding hydrogens is 1090 g/mol. The first-order valence-electron chi connectivity index (χ1n) is 9.45. The standard InChI is InChI=1S/C3H8O5S3.C2H5NO4S2.C2H6O3S2.CH3ClO2S.2CH4O2S.CH4.ClHO3S.HNO2.6Na/c1-10(4,5)9-2-3-11(6,7)8;4-3-8-1-2-9(5,6)7;3-7(4,5)2-1-6;1-5(2,3)4;2*1-4(2)3;;1-5(2,3)4;2-1-3;;;;;;/h2-3H2,1H3,(H,6,7,8);1-2H2,(H,5,6,7);6H,1-2H2,(H,3,4,5);1H3;2*1H3,(H,2,3);1H4;(H,2,3,4);(H,2,3);;;;;;/q;;;;;;;;;6*+1/p-6. The maximum absolute atomic E-state index is 10.4. The number of thiol groups is 1. The van der Waals surface area contributed by atoms with E-state index in [0.717, 1.165) is 30.4 Å². The van der Waals surface area contributed by atoms with E-state index in [1.165, 1.54) is 0 Å². The first kappa shape index (κ1) is 104. The van der Waals surface area contributed by atoms with Gasteiger partial charge in [0.15, 0.2) is 8.87 Å². The van der Waals surface area contributed by atoms with E-state index >= 15 is 0 Å². The average Bonchev–Trinajstić information content (AvgIpc) is 2.68. The van der Waals surface area contributed by atoms with Crippen LogP contribution in [0.2, 0.25) is 0 Å². The summed E-state index contributed by atoms with van der Waals surface area (Å²) in [5.41, 5.74) is 0. The molecule has 0 aliphatic carbocycles. The molecule has 0 rings (SSSR count). The summed E-state index contributed by atoms with van der Waals surface area (Å²) in [6, 6.07) is 0. The Labute approximate surface area is 482 Å². The van der Waals surface area contributed by atoms with Crippen molar-refractivity contribution >= 4 is 137 Å². The SMILES string of the molecule is C.CS(=O)(=O)Cl.CS(=O)(=O)SCCS(=O)(=O)[O-].CS(=O)[O-].CS(=O)[O-].O=NSCCS(=O)(=O)[O-].O=N[O-].O=S(=O)(O)Cl.O=S(=O)([O-])CCS.[Na+].[Na+].[Na+].[Na+].[Na+].[Na+]. The molecule has 0 saturated heterocycles. The molecule has 0 fully saturated rings. The fraction of sp³-hybridized carbons (Fsp3) is 1.00. The monoisotopic (exact) mass is 1120 g/mol. The zero-order valence-corrected chi connectivity index (χ0v) is 52.4. The van der Waals surface area contributed by atoms with Crippen molar-refractivity contribution in [2.24, 2.45) is 9.92 Å². The van der Waals surface area contributed by atoms with Gasteiger partial charge in [0.25, 0.3) is 0 Å². The minimum Gasteiger partial charge on any atom is -0.773 e. The molecule has 308 valence electrons. The third-order valence-corrected chi connectivity index (χ3v) is 7.68. The summed E-state index contributed by atoms with van der Waals surface area (Å²) >= 11 is 0.338. The molecule has 0 amide bonds. The van der Waals surface area contributed by atoms with E-state index in [0.29, 0.717) is 22.7 Å². The largest absolute Gasteiger partial charge is 1.00 e. The van der Waals surface area contributed by atoms with Crippen molar-refractivity contribution < 1.29 is 264 Å². The molecule has 0 aromatic carbocycles. The summed E-state index contributed by atoms with van der Waals surface area (Å²) in [4.78, 5) is 17.3. The Morgan fingerprint density at radius 1 is 0.655 bits per heavy atom. The number of hydrogen-bond acceptors (Lipinski definition) is 27. The minimum absolute atomic E-state index is 0. The summed E-state index contributed by atoms with van der Waals surface area (Å²) in [6.45, 7) is 0. The molecule has 0 aromatic heterocycles. The van der Waals surface area contributed by atoms with Crippen LogP contribution in [-0.2, 0) is 79.8 Å². The van der Waals surface area contributed by atoms with Crippen LogP contribution >= 0.6 is 56.7 Å². The van der Waals surface area contributed by atoms with Crippen LogP contribution in [0.25, 0.3) is 0 Å². The predicted octanol–water partition coefficient (Wildman–Crippen LogP) is -19.3. The molecule has 0 heterocycles. The molecule has 44 heteroatoms. The van der Waals surface area contributed by atoms with Crippen molar-refractivity contribution in [2.45, 2.75) is 7.43 Å². The number of nitrogens with zero attached hydrogens (tertiary/aromatic N) is 2. The smallest absolute Gasteiger partial charge is 0.773 e. The molecule has 25 nitrogen and oxygen atoms in total. The first-order valence-corrected chi connectivity index (χ1v) is 27.1. The van der Waals surface area contributed by atoms with Crippen molar-refractivity contribution in [2.75, 3.05) is 59.5 Å². The molecule has 2 atom stereocenters. The molecule has 1 N–H and O–H groups in total. The molecular formula is C11H30Cl2N2Na6O23S11. The Hall–Kier alpha value is 6.39. The second-order valence-corrected chi connectivity index (χ2v) is 23.0. The van der Waals surface area contributed by atoms with Gasteiger partial charge < -0.3 is 32.9 Å². The number of rotatable bonds is 10. The van der Waals surface area contributed by atoms with Crippen LogP contribution in [0.15, 0.2) is 9.92 Å². The van der Waals surface area contributed by atoms with Crippen LogP contribution in [0.1, 0.15) is 7.43 Å². The average molecular weight is 1120 g/mol. The molecule has 0 spiro atoms. The van der Waals surface area contributed by atoms with Gasteiger partial charge in [-0.1, -0.05) is 29.6 Å². The van der Waals surface area contributed by atoms with Gasteiger partial charge >= 0.3 is 187 Å². The normalized spacial score (nSPS) is 10.6. The van der Waals surface area contributed by atoms with Gasteiger partial charge in [-0.3, -0.25) is 13.0 Å². The van der Waals surface area contributed by atoms with Crippen molar-refractivity contribution in [3.8, 4) is 0 Å². The van der Waals surface area contributed by atoms with Gasteiger partial charge in [0.1, 0.15) is 0 Å². The van der Waals surface area contributed by atoms with E-state index in [9.17, 15) is 60.7 Å². The van der Waals surface area contributed by atoms with E-state index in [2.05, 4.69) is 38.6 Å². The molecule has 55 heavy (non-hydrogen) atoms. The van der Waals surface area contributed by atoms with Gasteiger partial charge in [-0.05, 0) is 23.3 Å². The zero-order valence-electron chi connectivity index (χ0n) is 29.9. The zero-order chi connectivity index (χ0) is 41.2. The Bertz CT molecular complexity index is 1440. The van der Waals surface area contributed by atoms with Gasteiger partial charge in [0.05, 0.1) is 36.6 Å². The predicted molar refractivity (Wildman–Crippen MR) is 187 cm³/mol. The summed E-state index contributed by atoms with van der Waals surface area (Å²) in [6.07, 6.45) is 4.05. The van der Waals surface area contributed by atoms with Crippen molar-refractivity contribution in [1.29, 1.82) is 0 Å². The molecule has 2 unspecified atom stereocenters. The van der Waals surface area contributed by atoms with Crippen LogP contribution in [0.4, 0.5) is 0 Å². The van der Waals surface area contributed by atoms with Crippen LogP contribution in [0, 0.1) is 15.0 Å². The van der Waals surface area contributed by atoms with Gasteiger partial charge in [0.2, 0.25) is 9.05 Å². The van der Waals surface area contributed by atoms with E-state index < -0.39 is 91.3 Å². The molecule has 0 radical (unpaired) electrons. The number of nitroso groups, excluding NO2 is 1. The van der Waals surface area contributed by atoms with E-state index in [1.54, 1.807) is 0 Å². The molecule has 0 bridgehead atoms. The van der Waals surface area contributed by atoms with Gasteiger partial charge in [-0.25, -0.2) is 42.1 Å². The van der Waals surface area contributed by atoms with Crippen LogP contribution in [-0.4, -0.2) is 146 Å². The van der Waals surface area contributed by atoms with Crippen LogP contribution in [0.5, 0.6) is 0 Å². The second kappa shape index (κ2) is 62.5. The Morgan fingerprint density at radius 3 is 0.945 bits per heavy atom. The Morgan fingerprint density at radius 2 is 0.836 bits per heavy atom. The number of hydrogen-bond donors (Lipinski definition) is 2. The fourth-order valence-electron chi connectivity index (χ4n) is 0.576. The minimum atomic E-state index is -4.28. The van der Waals surface area contributed by atoms with E-state index in [4.69, 9.17) is 40.6 Å². The fourth-order valence-corrected chi connectivity index (χ4v) is 5.57. The van der Waals surface area contributed by atoms with Gasteiger partial charge in [-0.15, -0.1) is 10.2 Å². The molecule has 0 saturated carbocycles. The second-order valence-electron chi connectivity index (χ2n) is 5.91. The summed E-state index contributed by atoms with van der Waals surface area (Å²) < 4.78 is 191. The quantitative estimate of drug-likeness (QED) is 0.0196. The Kier molecular flexibility index (Phi) is 118. The maximum Gasteiger partial charge on any atom is 1.00 e. The molecule has 0 aliphatic rings. The maximum atomic E-state index is 10.4. The van der Waals surface area contributed by atoms with Crippen molar-refractivity contribution in [3.05, 3.63) is 15.0 Å². The van der Waals surface area contributed by atoms with Gasteiger partial charge in [0, 0.05) is 78.7 Å². The summed E-state index contributed by atoms with van der Waals surface area (Å²) in [5, 5.41) is 9.00. The topological polar surface area (TPSA) is 456 Å². The number of halogens is 2. The molecule has 0 aliphatic heterocycles. The molecule has 0 aromatic rings. The first-order chi connectivity index (χ1) is 20.7.